The van der Waals surface area contributed by atoms with E-state index in [2.05, 4.69) is 18.3 Å². The minimum absolute atomic E-state index is 0.245. The van der Waals surface area contributed by atoms with Gasteiger partial charge in [0, 0.05) is 6.04 Å². The zero-order valence-corrected chi connectivity index (χ0v) is 10.2. The van der Waals surface area contributed by atoms with Crippen LogP contribution >= 0.6 is 0 Å². The summed E-state index contributed by atoms with van der Waals surface area (Å²) in [6.45, 7) is 4.73. The molecule has 3 heteroatoms. The van der Waals surface area contributed by atoms with Crippen molar-refractivity contribution in [1.82, 2.24) is 5.32 Å². The van der Waals surface area contributed by atoms with Crippen LogP contribution in [-0.4, -0.2) is 24.9 Å². The van der Waals surface area contributed by atoms with Crippen molar-refractivity contribution in [3.05, 3.63) is 29.8 Å². The second-order valence-electron chi connectivity index (χ2n) is 4.09. The molecule has 0 aliphatic heterocycles. The van der Waals surface area contributed by atoms with Crippen LogP contribution in [0.4, 0.5) is 0 Å². The second-order valence-corrected chi connectivity index (χ2v) is 4.09. The molecular weight excluding hydrogens is 202 g/mol. The number of benzene rings is 1. The van der Waals surface area contributed by atoms with E-state index in [1.807, 2.05) is 18.2 Å². The first-order valence-corrected chi connectivity index (χ1v) is 5.69. The Bertz CT molecular complexity index is 313. The highest BCUT2D eigenvalue weighted by Gasteiger charge is 2.05. The third-order valence-corrected chi connectivity index (χ3v) is 2.61. The molecule has 0 fully saturated rings. The average molecular weight is 223 g/mol. The molecule has 1 aromatic rings. The Morgan fingerprint density at radius 1 is 1.38 bits per heavy atom. The number of rotatable bonds is 6. The third-order valence-electron chi connectivity index (χ3n) is 2.61. The topological polar surface area (TPSA) is 41.5 Å². The molecule has 0 saturated carbocycles. The van der Waals surface area contributed by atoms with Gasteiger partial charge in [-0.25, -0.2) is 0 Å². The Kier molecular flexibility index (Phi) is 5.29. The standard InChI is InChI=1S/C13H21NO2/c1-10(15)7-8-14-11(2)12-5-4-6-13(9-12)16-3/h4-6,9-11,14-15H,7-8H2,1-3H3/t10?,11-/m1/s1. The average Bonchev–Trinajstić information content (AvgIpc) is 2.28. The fourth-order valence-corrected chi connectivity index (χ4v) is 1.54. The highest BCUT2D eigenvalue weighted by atomic mass is 16.5. The Hall–Kier alpha value is -1.06. The fourth-order valence-electron chi connectivity index (χ4n) is 1.54. The van der Waals surface area contributed by atoms with E-state index < -0.39 is 0 Å². The van der Waals surface area contributed by atoms with Crippen LogP contribution in [0.25, 0.3) is 0 Å². The molecule has 0 aliphatic rings. The van der Waals surface area contributed by atoms with Crippen LogP contribution in [0.5, 0.6) is 5.75 Å². The second kappa shape index (κ2) is 6.51. The van der Waals surface area contributed by atoms with Crippen molar-refractivity contribution in [2.45, 2.75) is 32.4 Å². The maximum Gasteiger partial charge on any atom is 0.119 e. The van der Waals surface area contributed by atoms with Crippen molar-refractivity contribution in [2.75, 3.05) is 13.7 Å². The maximum atomic E-state index is 9.16. The number of ether oxygens (including phenoxy) is 1. The summed E-state index contributed by atoms with van der Waals surface area (Å²) in [5.41, 5.74) is 1.20. The van der Waals surface area contributed by atoms with E-state index in [0.717, 1.165) is 18.7 Å². The van der Waals surface area contributed by atoms with Crippen molar-refractivity contribution in [2.24, 2.45) is 0 Å². The van der Waals surface area contributed by atoms with Crippen molar-refractivity contribution < 1.29 is 9.84 Å². The Morgan fingerprint density at radius 3 is 2.75 bits per heavy atom. The fraction of sp³-hybridized carbons (Fsp3) is 0.538. The molecule has 0 radical (unpaired) electrons. The molecule has 0 heterocycles. The van der Waals surface area contributed by atoms with Crippen molar-refractivity contribution in [3.8, 4) is 5.75 Å². The lowest BCUT2D eigenvalue weighted by Crippen LogP contribution is -2.22. The van der Waals surface area contributed by atoms with Gasteiger partial charge in [-0.05, 0) is 44.5 Å². The predicted octanol–water partition coefficient (Wildman–Crippen LogP) is 2.12. The van der Waals surface area contributed by atoms with Crippen molar-refractivity contribution >= 4 is 0 Å². The quantitative estimate of drug-likeness (QED) is 0.776. The zero-order chi connectivity index (χ0) is 12.0. The van der Waals surface area contributed by atoms with Gasteiger partial charge in [0.25, 0.3) is 0 Å². The molecule has 3 nitrogen and oxygen atoms in total. The minimum atomic E-state index is -0.245. The highest BCUT2D eigenvalue weighted by molar-refractivity contribution is 5.30. The lowest BCUT2D eigenvalue weighted by atomic mass is 10.1. The molecule has 0 aromatic heterocycles. The van der Waals surface area contributed by atoms with Crippen molar-refractivity contribution in [1.29, 1.82) is 0 Å². The number of methoxy groups -OCH3 is 1. The molecule has 0 bridgehead atoms. The van der Waals surface area contributed by atoms with Crippen LogP contribution in [0, 0.1) is 0 Å². The van der Waals surface area contributed by atoms with Crippen LogP contribution in [0.3, 0.4) is 0 Å². The Balaban J connectivity index is 2.48. The Labute approximate surface area is 97.4 Å². The smallest absolute Gasteiger partial charge is 0.119 e. The minimum Gasteiger partial charge on any atom is -0.497 e. The van der Waals surface area contributed by atoms with E-state index in [4.69, 9.17) is 9.84 Å². The number of hydrogen-bond donors (Lipinski definition) is 2. The zero-order valence-electron chi connectivity index (χ0n) is 10.2. The van der Waals surface area contributed by atoms with Gasteiger partial charge in [-0.15, -0.1) is 0 Å². The summed E-state index contributed by atoms with van der Waals surface area (Å²) in [6, 6.07) is 8.30. The highest BCUT2D eigenvalue weighted by Crippen LogP contribution is 2.18. The maximum absolute atomic E-state index is 9.16. The first-order valence-electron chi connectivity index (χ1n) is 5.69. The number of hydrogen-bond acceptors (Lipinski definition) is 3. The Morgan fingerprint density at radius 2 is 2.12 bits per heavy atom. The van der Waals surface area contributed by atoms with E-state index in [9.17, 15) is 0 Å². The summed E-state index contributed by atoms with van der Waals surface area (Å²) in [7, 11) is 1.67. The van der Waals surface area contributed by atoms with E-state index in [1.165, 1.54) is 5.56 Å². The van der Waals surface area contributed by atoms with E-state index in [-0.39, 0.29) is 12.1 Å². The van der Waals surface area contributed by atoms with Gasteiger partial charge in [-0.1, -0.05) is 12.1 Å². The largest absolute Gasteiger partial charge is 0.497 e. The SMILES string of the molecule is COc1cccc([C@@H](C)NCCC(C)O)c1. The third kappa shape index (κ3) is 4.21. The number of aliphatic hydroxyl groups excluding tert-OH is 1. The number of nitrogens with one attached hydrogen (secondary N) is 1. The molecule has 0 amide bonds. The van der Waals surface area contributed by atoms with Crippen LogP contribution < -0.4 is 10.1 Å². The predicted molar refractivity (Wildman–Crippen MR) is 65.7 cm³/mol. The molecule has 1 rings (SSSR count). The van der Waals surface area contributed by atoms with Crippen LogP contribution in [0.15, 0.2) is 24.3 Å². The van der Waals surface area contributed by atoms with Gasteiger partial charge in [0.05, 0.1) is 13.2 Å². The van der Waals surface area contributed by atoms with Crippen LogP contribution in [-0.2, 0) is 0 Å². The number of aliphatic hydroxyl groups is 1. The van der Waals surface area contributed by atoms with Gasteiger partial charge < -0.3 is 15.2 Å². The van der Waals surface area contributed by atoms with Gasteiger partial charge in [0.2, 0.25) is 0 Å². The van der Waals surface area contributed by atoms with Crippen LogP contribution in [0.1, 0.15) is 31.9 Å². The van der Waals surface area contributed by atoms with E-state index in [1.54, 1.807) is 14.0 Å². The molecule has 16 heavy (non-hydrogen) atoms. The normalized spacial score (nSPS) is 14.5. The molecule has 1 aromatic carbocycles. The van der Waals surface area contributed by atoms with Gasteiger partial charge in [-0.2, -0.15) is 0 Å². The van der Waals surface area contributed by atoms with E-state index >= 15 is 0 Å². The van der Waals surface area contributed by atoms with Gasteiger partial charge in [0.1, 0.15) is 5.75 Å². The molecule has 90 valence electrons. The molecule has 0 spiro atoms. The molecule has 2 N–H and O–H groups in total. The summed E-state index contributed by atoms with van der Waals surface area (Å²) >= 11 is 0. The van der Waals surface area contributed by atoms with Gasteiger partial charge in [-0.3, -0.25) is 0 Å². The van der Waals surface area contributed by atoms with Crippen molar-refractivity contribution in [3.63, 3.8) is 0 Å². The summed E-state index contributed by atoms with van der Waals surface area (Å²) in [5.74, 6) is 0.877. The monoisotopic (exact) mass is 223 g/mol. The first-order chi connectivity index (χ1) is 7.63. The van der Waals surface area contributed by atoms with Gasteiger partial charge in [0.15, 0.2) is 0 Å². The summed E-state index contributed by atoms with van der Waals surface area (Å²) in [6.07, 6.45) is 0.527. The molecule has 1 unspecified atom stereocenters. The van der Waals surface area contributed by atoms with E-state index in [0.29, 0.717) is 0 Å². The molecule has 0 aliphatic carbocycles. The van der Waals surface area contributed by atoms with Crippen LogP contribution in [0.2, 0.25) is 0 Å². The molecular formula is C13H21NO2. The first kappa shape index (κ1) is 13.0. The summed E-state index contributed by atoms with van der Waals surface area (Å²) in [5, 5.41) is 12.5. The molecule has 0 saturated heterocycles. The summed E-state index contributed by atoms with van der Waals surface area (Å²) in [4.78, 5) is 0. The lowest BCUT2D eigenvalue weighted by molar-refractivity contribution is 0.182. The van der Waals surface area contributed by atoms with Gasteiger partial charge >= 0.3 is 0 Å². The lowest BCUT2D eigenvalue weighted by Gasteiger charge is -2.15. The molecule has 2 atom stereocenters. The summed E-state index contributed by atoms with van der Waals surface area (Å²) < 4.78 is 5.18.